The van der Waals surface area contributed by atoms with E-state index >= 15 is 0 Å². The smallest absolute Gasteiger partial charge is 0.0911 e. The monoisotopic (exact) mass is 201 g/mol. The van der Waals surface area contributed by atoms with Gasteiger partial charge in [0.1, 0.15) is 0 Å². The molecule has 1 heterocycles. The molecule has 0 aromatic carbocycles. The maximum atomic E-state index is 5.35. The maximum absolute atomic E-state index is 5.35. The fourth-order valence-corrected chi connectivity index (χ4v) is 3.94. The van der Waals surface area contributed by atoms with Crippen molar-refractivity contribution in [2.24, 2.45) is 5.92 Å². The summed E-state index contributed by atoms with van der Waals surface area (Å²) in [5, 5.41) is 3.73. The first-order valence-corrected chi connectivity index (χ1v) is 6.16. The predicted molar refractivity (Wildman–Crippen MR) is 57.0 cm³/mol. The van der Waals surface area contributed by atoms with Crippen molar-refractivity contribution < 1.29 is 4.74 Å². The van der Waals surface area contributed by atoms with Crippen molar-refractivity contribution in [3.63, 3.8) is 0 Å². The second kappa shape index (κ2) is 3.79. The van der Waals surface area contributed by atoms with Crippen LogP contribution in [0.5, 0.6) is 0 Å². The van der Waals surface area contributed by atoms with Crippen LogP contribution in [0.15, 0.2) is 0 Å². The molecule has 13 heavy (non-hydrogen) atoms. The molecule has 2 atom stereocenters. The normalized spacial score (nSPS) is 40.6. The van der Waals surface area contributed by atoms with Crippen LogP contribution in [0.1, 0.15) is 26.2 Å². The largest absolute Gasteiger partial charge is 0.382 e. The van der Waals surface area contributed by atoms with Gasteiger partial charge in [0, 0.05) is 13.2 Å². The van der Waals surface area contributed by atoms with Crippen LogP contribution in [-0.4, -0.2) is 30.4 Å². The van der Waals surface area contributed by atoms with Crippen LogP contribution < -0.4 is 5.32 Å². The van der Waals surface area contributed by atoms with E-state index in [-0.39, 0.29) is 4.87 Å². The third kappa shape index (κ3) is 2.03. The minimum Gasteiger partial charge on any atom is -0.382 e. The van der Waals surface area contributed by atoms with E-state index in [0.29, 0.717) is 6.04 Å². The molecule has 2 fully saturated rings. The van der Waals surface area contributed by atoms with Gasteiger partial charge in [0.25, 0.3) is 0 Å². The minimum absolute atomic E-state index is 0.256. The van der Waals surface area contributed by atoms with Gasteiger partial charge < -0.3 is 4.74 Å². The third-order valence-corrected chi connectivity index (χ3v) is 4.52. The first-order valence-electron chi connectivity index (χ1n) is 5.17. The maximum Gasteiger partial charge on any atom is 0.0911 e. The minimum atomic E-state index is 0.256. The van der Waals surface area contributed by atoms with Gasteiger partial charge >= 0.3 is 0 Å². The highest BCUT2D eigenvalue weighted by Gasteiger charge is 2.47. The molecule has 1 saturated carbocycles. The molecule has 3 heteroatoms. The van der Waals surface area contributed by atoms with Crippen molar-refractivity contribution in [1.29, 1.82) is 0 Å². The van der Waals surface area contributed by atoms with Gasteiger partial charge in [0.2, 0.25) is 0 Å². The van der Waals surface area contributed by atoms with Crippen LogP contribution >= 0.6 is 11.8 Å². The fourth-order valence-electron chi connectivity index (χ4n) is 2.15. The molecule has 0 aromatic rings. The molecule has 1 aliphatic carbocycles. The van der Waals surface area contributed by atoms with Crippen molar-refractivity contribution >= 4 is 11.8 Å². The molecule has 2 nitrogen and oxygen atoms in total. The Kier molecular flexibility index (Phi) is 2.86. The summed E-state index contributed by atoms with van der Waals surface area (Å²) in [7, 11) is 1.81. The summed E-state index contributed by atoms with van der Waals surface area (Å²) in [6.07, 6.45) is 4.06. The zero-order chi connectivity index (χ0) is 9.31. The summed E-state index contributed by atoms with van der Waals surface area (Å²) >= 11 is 2.07. The number of thioether (sulfide) groups is 1. The zero-order valence-corrected chi connectivity index (χ0v) is 9.32. The average Bonchev–Trinajstić information content (AvgIpc) is 2.86. The van der Waals surface area contributed by atoms with E-state index < -0.39 is 0 Å². The summed E-state index contributed by atoms with van der Waals surface area (Å²) in [5.74, 6) is 2.15. The molecule has 0 spiro atoms. The van der Waals surface area contributed by atoms with Gasteiger partial charge in [-0.2, -0.15) is 0 Å². The number of ether oxygens (including phenoxy) is 1. The summed E-state index contributed by atoms with van der Waals surface area (Å²) in [4.78, 5) is 0.256. The molecule has 2 aliphatic rings. The Bertz CT molecular complexity index is 180. The second-order valence-corrected chi connectivity index (χ2v) is 5.70. The molecule has 2 unspecified atom stereocenters. The topological polar surface area (TPSA) is 21.3 Å². The zero-order valence-electron chi connectivity index (χ0n) is 8.51. The second-order valence-electron chi connectivity index (χ2n) is 4.28. The van der Waals surface area contributed by atoms with Crippen molar-refractivity contribution in [2.45, 2.75) is 37.1 Å². The van der Waals surface area contributed by atoms with Gasteiger partial charge in [-0.05, 0) is 37.9 Å². The lowest BCUT2D eigenvalue weighted by molar-refractivity contribution is 0.133. The number of hydrogen-bond donors (Lipinski definition) is 1. The van der Waals surface area contributed by atoms with E-state index in [1.807, 2.05) is 7.11 Å². The van der Waals surface area contributed by atoms with Crippen molar-refractivity contribution in [2.75, 3.05) is 19.5 Å². The van der Waals surface area contributed by atoms with E-state index in [4.69, 9.17) is 4.74 Å². The third-order valence-electron chi connectivity index (χ3n) is 3.00. The molecule has 0 bridgehead atoms. The summed E-state index contributed by atoms with van der Waals surface area (Å²) in [5.41, 5.74) is 0. The molecular formula is C10H19NOS. The van der Waals surface area contributed by atoms with Crippen LogP contribution in [0.4, 0.5) is 0 Å². The Hall–Kier alpha value is 0.270. The number of rotatable bonds is 3. The quantitative estimate of drug-likeness (QED) is 0.753. The van der Waals surface area contributed by atoms with Gasteiger partial charge in [0.15, 0.2) is 0 Å². The first-order chi connectivity index (χ1) is 6.27. The van der Waals surface area contributed by atoms with Crippen molar-refractivity contribution in [1.82, 2.24) is 5.32 Å². The molecule has 1 aliphatic heterocycles. The van der Waals surface area contributed by atoms with Crippen LogP contribution in [0.3, 0.4) is 0 Å². The van der Waals surface area contributed by atoms with E-state index in [9.17, 15) is 0 Å². The van der Waals surface area contributed by atoms with E-state index in [2.05, 4.69) is 24.0 Å². The Morgan fingerprint density at radius 2 is 2.23 bits per heavy atom. The number of nitrogens with one attached hydrogen (secondary N) is 1. The highest BCUT2D eigenvalue weighted by atomic mass is 32.2. The molecule has 0 amide bonds. The fraction of sp³-hybridized carbons (Fsp3) is 1.00. The Morgan fingerprint density at radius 3 is 2.77 bits per heavy atom. The van der Waals surface area contributed by atoms with Gasteiger partial charge in [-0.1, -0.05) is 0 Å². The van der Waals surface area contributed by atoms with Gasteiger partial charge in [-0.3, -0.25) is 5.32 Å². The lowest BCUT2D eigenvalue weighted by Gasteiger charge is -2.40. The SMILES string of the molecule is COCC1(C2CC2)NC(C)CCS1. The van der Waals surface area contributed by atoms with Crippen molar-refractivity contribution in [3.8, 4) is 0 Å². The average molecular weight is 201 g/mol. The summed E-state index contributed by atoms with van der Waals surface area (Å²) in [6.45, 7) is 3.15. The summed E-state index contributed by atoms with van der Waals surface area (Å²) in [6, 6.07) is 0.664. The van der Waals surface area contributed by atoms with Gasteiger partial charge in [-0.25, -0.2) is 0 Å². The number of hydrogen-bond acceptors (Lipinski definition) is 3. The molecule has 0 aromatic heterocycles. The lowest BCUT2D eigenvalue weighted by atomic mass is 10.1. The highest BCUT2D eigenvalue weighted by molar-refractivity contribution is 8.00. The van der Waals surface area contributed by atoms with Crippen LogP contribution in [0.2, 0.25) is 0 Å². The standard InChI is InChI=1S/C10H19NOS/c1-8-5-6-13-10(11-8,7-12-2)9-3-4-9/h8-9,11H,3-7H2,1-2H3. The molecule has 1 saturated heterocycles. The molecule has 0 radical (unpaired) electrons. The summed E-state index contributed by atoms with van der Waals surface area (Å²) < 4.78 is 5.35. The number of methoxy groups -OCH3 is 1. The van der Waals surface area contributed by atoms with Crippen LogP contribution in [0.25, 0.3) is 0 Å². The van der Waals surface area contributed by atoms with E-state index in [0.717, 1.165) is 12.5 Å². The van der Waals surface area contributed by atoms with Crippen LogP contribution in [-0.2, 0) is 4.74 Å². The van der Waals surface area contributed by atoms with Gasteiger partial charge in [0.05, 0.1) is 11.5 Å². The predicted octanol–water partition coefficient (Wildman–Crippen LogP) is 1.85. The van der Waals surface area contributed by atoms with Gasteiger partial charge in [-0.15, -0.1) is 11.8 Å². The Balaban J connectivity index is 2.02. The molecular weight excluding hydrogens is 182 g/mol. The van der Waals surface area contributed by atoms with Crippen LogP contribution in [0, 0.1) is 5.92 Å². The lowest BCUT2D eigenvalue weighted by Crippen LogP contribution is -2.55. The Morgan fingerprint density at radius 1 is 1.46 bits per heavy atom. The highest BCUT2D eigenvalue weighted by Crippen LogP contribution is 2.48. The van der Waals surface area contributed by atoms with E-state index in [1.54, 1.807) is 0 Å². The first kappa shape index (κ1) is 9.81. The molecule has 2 rings (SSSR count). The van der Waals surface area contributed by atoms with Crippen molar-refractivity contribution in [3.05, 3.63) is 0 Å². The molecule has 76 valence electrons. The Labute approximate surface area is 84.8 Å². The van der Waals surface area contributed by atoms with E-state index in [1.165, 1.54) is 25.0 Å². The molecule has 1 N–H and O–H groups in total.